The average molecular weight is 306 g/mol. The number of nitrogens with zero attached hydrogens (tertiary/aromatic N) is 1. The van der Waals surface area contributed by atoms with Gasteiger partial charge in [-0.1, -0.05) is 12.1 Å². The summed E-state index contributed by atoms with van der Waals surface area (Å²) < 4.78 is 4.80. The SMILES string of the molecule is CCOC(=O)CCCCONN1C(=O)c2ccccc2C1=O. The number of unbranched alkanes of at least 4 members (excludes halogenated alkanes) is 1. The monoisotopic (exact) mass is 306 g/mol. The zero-order valence-electron chi connectivity index (χ0n) is 12.3. The predicted octanol–water partition coefficient (Wildman–Crippen LogP) is 1.45. The molecule has 2 amide bonds. The van der Waals surface area contributed by atoms with Gasteiger partial charge in [0.2, 0.25) is 0 Å². The minimum absolute atomic E-state index is 0.240. The molecule has 0 unspecified atom stereocenters. The van der Waals surface area contributed by atoms with Crippen LogP contribution in [0.1, 0.15) is 46.9 Å². The van der Waals surface area contributed by atoms with E-state index >= 15 is 0 Å². The molecule has 7 nitrogen and oxygen atoms in total. The maximum atomic E-state index is 12.0. The quantitative estimate of drug-likeness (QED) is 0.339. The number of fused-ring (bicyclic) bond motifs is 1. The molecule has 1 aromatic rings. The van der Waals surface area contributed by atoms with E-state index in [2.05, 4.69) is 5.59 Å². The van der Waals surface area contributed by atoms with Crippen molar-refractivity contribution in [1.82, 2.24) is 10.6 Å². The van der Waals surface area contributed by atoms with Crippen LogP contribution in [0.15, 0.2) is 24.3 Å². The van der Waals surface area contributed by atoms with Crippen molar-refractivity contribution in [2.24, 2.45) is 0 Å². The molecular formula is C15H18N2O5. The molecule has 1 aromatic carbocycles. The number of imide groups is 1. The summed E-state index contributed by atoms with van der Waals surface area (Å²) >= 11 is 0. The van der Waals surface area contributed by atoms with Crippen LogP contribution in [0.4, 0.5) is 0 Å². The van der Waals surface area contributed by atoms with Crippen LogP contribution in [-0.2, 0) is 14.4 Å². The van der Waals surface area contributed by atoms with Crippen LogP contribution in [-0.4, -0.2) is 36.0 Å². The normalized spacial score (nSPS) is 13.4. The Kier molecular flexibility index (Phi) is 5.62. The van der Waals surface area contributed by atoms with Crippen LogP contribution in [0.25, 0.3) is 0 Å². The van der Waals surface area contributed by atoms with Crippen molar-refractivity contribution < 1.29 is 24.0 Å². The lowest BCUT2D eigenvalue weighted by Crippen LogP contribution is -2.42. The van der Waals surface area contributed by atoms with Gasteiger partial charge in [-0.25, -0.2) is 0 Å². The highest BCUT2D eigenvalue weighted by molar-refractivity contribution is 6.20. The van der Waals surface area contributed by atoms with E-state index in [1.807, 2.05) is 0 Å². The van der Waals surface area contributed by atoms with Crippen molar-refractivity contribution in [2.75, 3.05) is 13.2 Å². The summed E-state index contributed by atoms with van der Waals surface area (Å²) in [6, 6.07) is 6.58. The summed E-state index contributed by atoms with van der Waals surface area (Å²) in [6.07, 6.45) is 1.54. The number of rotatable bonds is 8. The standard InChI is InChI=1S/C15H18N2O5/c1-2-21-13(18)9-5-6-10-22-16-17-14(19)11-7-3-4-8-12(11)15(17)20/h3-4,7-8,16H,2,5-6,9-10H2,1H3. The van der Waals surface area contributed by atoms with Gasteiger partial charge >= 0.3 is 5.97 Å². The third-order valence-corrected chi connectivity index (χ3v) is 3.13. The van der Waals surface area contributed by atoms with E-state index in [9.17, 15) is 14.4 Å². The third-order valence-electron chi connectivity index (χ3n) is 3.13. The lowest BCUT2D eigenvalue weighted by Gasteiger charge is -2.14. The molecule has 0 aliphatic carbocycles. The Morgan fingerprint density at radius 2 is 1.77 bits per heavy atom. The van der Waals surface area contributed by atoms with Crippen LogP contribution >= 0.6 is 0 Å². The van der Waals surface area contributed by atoms with Crippen LogP contribution in [0.5, 0.6) is 0 Å². The van der Waals surface area contributed by atoms with Gasteiger partial charge in [0, 0.05) is 6.42 Å². The summed E-state index contributed by atoms with van der Waals surface area (Å²) in [4.78, 5) is 40.2. The molecule has 0 saturated heterocycles. The number of ether oxygens (including phenoxy) is 1. The van der Waals surface area contributed by atoms with Crippen molar-refractivity contribution in [3.05, 3.63) is 35.4 Å². The summed E-state index contributed by atoms with van der Waals surface area (Å²) in [5.74, 6) is -1.12. The van der Waals surface area contributed by atoms with Crippen LogP contribution in [0.3, 0.4) is 0 Å². The predicted molar refractivity (Wildman–Crippen MR) is 76.5 cm³/mol. The summed E-state index contributed by atoms with van der Waals surface area (Å²) in [5.41, 5.74) is 3.06. The second-order valence-electron chi connectivity index (χ2n) is 4.69. The van der Waals surface area contributed by atoms with E-state index in [0.717, 1.165) is 5.01 Å². The number of nitrogens with one attached hydrogen (secondary N) is 1. The fraction of sp³-hybridized carbons (Fsp3) is 0.400. The lowest BCUT2D eigenvalue weighted by atomic mass is 10.1. The zero-order valence-corrected chi connectivity index (χ0v) is 12.3. The Balaban J connectivity index is 1.70. The van der Waals surface area contributed by atoms with Gasteiger partial charge in [-0.2, -0.15) is 5.01 Å². The molecule has 0 spiro atoms. The molecule has 7 heteroatoms. The number of amides is 2. The Morgan fingerprint density at radius 3 is 2.36 bits per heavy atom. The third kappa shape index (κ3) is 3.69. The first kappa shape index (κ1) is 16.1. The van der Waals surface area contributed by atoms with E-state index in [4.69, 9.17) is 9.57 Å². The van der Waals surface area contributed by atoms with Crippen molar-refractivity contribution in [3.8, 4) is 0 Å². The van der Waals surface area contributed by atoms with Crippen LogP contribution < -0.4 is 5.59 Å². The molecule has 0 bridgehead atoms. The number of hydrazine groups is 1. The van der Waals surface area contributed by atoms with Gasteiger partial charge in [0.05, 0.1) is 24.3 Å². The molecule has 0 saturated carbocycles. The van der Waals surface area contributed by atoms with Gasteiger partial charge in [-0.05, 0) is 31.9 Å². The van der Waals surface area contributed by atoms with E-state index < -0.39 is 11.8 Å². The fourth-order valence-corrected chi connectivity index (χ4v) is 2.06. The van der Waals surface area contributed by atoms with Crippen LogP contribution in [0.2, 0.25) is 0 Å². The molecule has 0 fully saturated rings. The highest BCUT2D eigenvalue weighted by atomic mass is 16.7. The van der Waals surface area contributed by atoms with E-state index in [-0.39, 0.29) is 12.6 Å². The maximum Gasteiger partial charge on any atom is 0.305 e. The first-order valence-corrected chi connectivity index (χ1v) is 7.16. The molecule has 0 atom stereocenters. The average Bonchev–Trinajstić information content (AvgIpc) is 2.76. The Hall–Kier alpha value is -2.25. The number of carbonyl (C=O) groups excluding carboxylic acids is 3. The maximum absolute atomic E-state index is 12.0. The second kappa shape index (κ2) is 7.67. The van der Waals surface area contributed by atoms with Crippen LogP contribution in [0, 0.1) is 0 Å². The molecule has 2 rings (SSSR count). The van der Waals surface area contributed by atoms with E-state index in [1.165, 1.54) is 0 Å². The first-order chi connectivity index (χ1) is 10.6. The number of hydrogen-bond donors (Lipinski definition) is 1. The highest BCUT2D eigenvalue weighted by Crippen LogP contribution is 2.20. The number of benzene rings is 1. The molecule has 1 aliphatic rings. The van der Waals surface area contributed by atoms with Gasteiger partial charge in [0.15, 0.2) is 0 Å². The smallest absolute Gasteiger partial charge is 0.305 e. The van der Waals surface area contributed by atoms with Gasteiger partial charge in [-0.3, -0.25) is 19.2 Å². The van der Waals surface area contributed by atoms with Crippen molar-refractivity contribution >= 4 is 17.8 Å². The largest absolute Gasteiger partial charge is 0.466 e. The van der Waals surface area contributed by atoms with E-state index in [1.54, 1.807) is 31.2 Å². The Bertz CT molecular complexity index is 538. The highest BCUT2D eigenvalue weighted by Gasteiger charge is 2.35. The van der Waals surface area contributed by atoms with Gasteiger partial charge in [-0.15, -0.1) is 5.59 Å². The van der Waals surface area contributed by atoms with Gasteiger partial charge in [0.1, 0.15) is 0 Å². The zero-order chi connectivity index (χ0) is 15.9. The molecule has 1 aliphatic heterocycles. The topological polar surface area (TPSA) is 84.9 Å². The molecule has 118 valence electrons. The van der Waals surface area contributed by atoms with Crippen molar-refractivity contribution in [2.45, 2.75) is 26.2 Å². The molecule has 0 radical (unpaired) electrons. The summed E-state index contributed by atoms with van der Waals surface area (Å²) in [7, 11) is 0. The fourth-order valence-electron chi connectivity index (χ4n) is 2.06. The number of carbonyl (C=O) groups is 3. The second-order valence-corrected chi connectivity index (χ2v) is 4.69. The molecular weight excluding hydrogens is 288 g/mol. The Labute approximate surface area is 128 Å². The van der Waals surface area contributed by atoms with Gasteiger partial charge in [0.25, 0.3) is 11.8 Å². The minimum Gasteiger partial charge on any atom is -0.466 e. The first-order valence-electron chi connectivity index (χ1n) is 7.16. The van der Waals surface area contributed by atoms with Gasteiger partial charge < -0.3 is 4.74 Å². The molecule has 22 heavy (non-hydrogen) atoms. The molecule has 1 N–H and O–H groups in total. The number of esters is 1. The van der Waals surface area contributed by atoms with E-state index in [0.29, 0.717) is 37.0 Å². The lowest BCUT2D eigenvalue weighted by molar-refractivity contribution is -0.143. The van der Waals surface area contributed by atoms with Crippen molar-refractivity contribution in [1.29, 1.82) is 0 Å². The van der Waals surface area contributed by atoms with Crippen molar-refractivity contribution in [3.63, 3.8) is 0 Å². The molecule has 0 aromatic heterocycles. The summed E-state index contributed by atoms with van der Waals surface area (Å²) in [5, 5.41) is 0.843. The molecule has 1 heterocycles. The summed E-state index contributed by atoms with van der Waals surface area (Å²) in [6.45, 7) is 2.40. The number of hydrogen-bond acceptors (Lipinski definition) is 6. The Morgan fingerprint density at radius 1 is 1.14 bits per heavy atom. The minimum atomic E-state index is -0.438.